The summed E-state index contributed by atoms with van der Waals surface area (Å²) in [6.45, 7) is 0.949. The summed E-state index contributed by atoms with van der Waals surface area (Å²) in [6, 6.07) is 7.12. The zero-order valence-corrected chi connectivity index (χ0v) is 8.22. The van der Waals surface area contributed by atoms with Gasteiger partial charge in [-0.25, -0.2) is 4.79 Å². The van der Waals surface area contributed by atoms with Gasteiger partial charge in [0.1, 0.15) is 12.4 Å². The maximum atomic E-state index is 10.3. The number of aliphatic carboxylic acids is 1. The van der Waals surface area contributed by atoms with Gasteiger partial charge in [0.05, 0.1) is 0 Å². The minimum absolute atomic E-state index is 0.473. The summed E-state index contributed by atoms with van der Waals surface area (Å²) in [5.41, 5.74) is 6.10. The minimum Gasteiger partial charge on any atom is -0.492 e. The molecular formula is C11H13NO3. The number of hydrogen-bond donors (Lipinski definition) is 2. The second-order valence-corrected chi connectivity index (χ2v) is 2.88. The van der Waals surface area contributed by atoms with Crippen molar-refractivity contribution in [2.45, 2.75) is 0 Å². The first-order chi connectivity index (χ1) is 7.22. The summed E-state index contributed by atoms with van der Waals surface area (Å²) >= 11 is 0. The summed E-state index contributed by atoms with van der Waals surface area (Å²) < 4.78 is 5.27. The molecule has 0 atom stereocenters. The molecule has 0 bridgehead atoms. The molecule has 0 aliphatic rings. The highest BCUT2D eigenvalue weighted by Gasteiger charge is 1.93. The molecule has 0 aliphatic heterocycles. The van der Waals surface area contributed by atoms with Crippen LogP contribution in [-0.2, 0) is 4.79 Å². The molecule has 0 aromatic heterocycles. The normalized spacial score (nSPS) is 10.5. The first kappa shape index (κ1) is 11.3. The number of nitrogens with two attached hydrogens (primary N) is 1. The van der Waals surface area contributed by atoms with E-state index in [9.17, 15) is 4.79 Å². The molecule has 3 N–H and O–H groups in total. The van der Waals surface area contributed by atoms with Gasteiger partial charge in [-0.05, 0) is 23.8 Å². The van der Waals surface area contributed by atoms with E-state index in [1.54, 1.807) is 24.3 Å². The van der Waals surface area contributed by atoms with Crippen LogP contribution in [0.2, 0.25) is 0 Å². The molecule has 1 aromatic carbocycles. The van der Waals surface area contributed by atoms with Gasteiger partial charge in [0, 0.05) is 12.6 Å². The van der Waals surface area contributed by atoms with Gasteiger partial charge >= 0.3 is 5.97 Å². The molecule has 80 valence electrons. The van der Waals surface area contributed by atoms with E-state index in [0.717, 1.165) is 17.4 Å². The highest BCUT2D eigenvalue weighted by Crippen LogP contribution is 2.12. The lowest BCUT2D eigenvalue weighted by Gasteiger charge is -2.03. The lowest BCUT2D eigenvalue weighted by atomic mass is 10.2. The molecule has 1 aromatic rings. The Morgan fingerprint density at radius 3 is 2.60 bits per heavy atom. The highest BCUT2D eigenvalue weighted by molar-refractivity contribution is 5.85. The van der Waals surface area contributed by atoms with Gasteiger partial charge in [0.25, 0.3) is 0 Å². The van der Waals surface area contributed by atoms with E-state index >= 15 is 0 Å². The Balaban J connectivity index is 2.60. The third kappa shape index (κ3) is 4.28. The van der Waals surface area contributed by atoms with Gasteiger partial charge in [-0.1, -0.05) is 12.1 Å². The van der Waals surface area contributed by atoms with Gasteiger partial charge < -0.3 is 15.6 Å². The molecule has 0 heterocycles. The number of carbonyl (C=O) groups is 1. The van der Waals surface area contributed by atoms with Crippen molar-refractivity contribution in [1.29, 1.82) is 0 Å². The minimum atomic E-state index is -0.960. The maximum absolute atomic E-state index is 10.3. The molecule has 0 unspecified atom stereocenters. The number of rotatable bonds is 5. The number of hydrogen-bond acceptors (Lipinski definition) is 3. The van der Waals surface area contributed by atoms with Crippen molar-refractivity contribution in [2.75, 3.05) is 13.2 Å². The van der Waals surface area contributed by atoms with Crippen molar-refractivity contribution in [3.63, 3.8) is 0 Å². The summed E-state index contributed by atoms with van der Waals surface area (Å²) in [6.07, 6.45) is 2.62. The van der Waals surface area contributed by atoms with Crippen molar-refractivity contribution in [3.8, 4) is 5.75 Å². The van der Waals surface area contributed by atoms with Crippen LogP contribution in [0.1, 0.15) is 5.56 Å². The van der Waals surface area contributed by atoms with E-state index in [4.69, 9.17) is 15.6 Å². The average Bonchev–Trinajstić information content (AvgIpc) is 2.25. The van der Waals surface area contributed by atoms with E-state index < -0.39 is 5.97 Å². The Kier molecular flexibility index (Phi) is 4.37. The van der Waals surface area contributed by atoms with Crippen LogP contribution in [0.5, 0.6) is 5.75 Å². The average molecular weight is 207 g/mol. The lowest BCUT2D eigenvalue weighted by molar-refractivity contribution is -0.131. The lowest BCUT2D eigenvalue weighted by Crippen LogP contribution is -2.10. The molecule has 0 saturated carbocycles. The first-order valence-corrected chi connectivity index (χ1v) is 4.56. The Bertz CT molecular complexity index is 343. The SMILES string of the molecule is NCCOc1ccc(C=CC(=O)O)cc1. The molecule has 0 amide bonds. The fraction of sp³-hybridized carbons (Fsp3) is 0.182. The largest absolute Gasteiger partial charge is 0.492 e. The Morgan fingerprint density at radius 1 is 1.40 bits per heavy atom. The topological polar surface area (TPSA) is 72.5 Å². The monoisotopic (exact) mass is 207 g/mol. The second kappa shape index (κ2) is 5.82. The second-order valence-electron chi connectivity index (χ2n) is 2.88. The molecule has 0 radical (unpaired) electrons. The molecule has 1 rings (SSSR count). The van der Waals surface area contributed by atoms with E-state index in [2.05, 4.69) is 0 Å². The summed E-state index contributed by atoms with van der Waals surface area (Å²) in [7, 11) is 0. The number of ether oxygens (including phenoxy) is 1. The fourth-order valence-corrected chi connectivity index (χ4v) is 1.02. The van der Waals surface area contributed by atoms with Gasteiger partial charge in [0.2, 0.25) is 0 Å². The Hall–Kier alpha value is -1.81. The van der Waals surface area contributed by atoms with Crippen LogP contribution in [0.25, 0.3) is 6.08 Å². The molecule has 4 heteroatoms. The van der Waals surface area contributed by atoms with Crippen LogP contribution < -0.4 is 10.5 Å². The molecule has 0 spiro atoms. The zero-order chi connectivity index (χ0) is 11.1. The van der Waals surface area contributed by atoms with Crippen molar-refractivity contribution >= 4 is 12.0 Å². The van der Waals surface area contributed by atoms with E-state index in [0.29, 0.717) is 13.2 Å². The van der Waals surface area contributed by atoms with Crippen molar-refractivity contribution < 1.29 is 14.6 Å². The van der Waals surface area contributed by atoms with E-state index in [-0.39, 0.29) is 0 Å². The van der Waals surface area contributed by atoms with Crippen molar-refractivity contribution in [3.05, 3.63) is 35.9 Å². The third-order valence-corrected chi connectivity index (χ3v) is 1.69. The van der Waals surface area contributed by atoms with Gasteiger partial charge in [-0.2, -0.15) is 0 Å². The molecule has 0 fully saturated rings. The van der Waals surface area contributed by atoms with Crippen LogP contribution in [0, 0.1) is 0 Å². The van der Waals surface area contributed by atoms with Crippen LogP contribution in [-0.4, -0.2) is 24.2 Å². The van der Waals surface area contributed by atoms with E-state index in [1.807, 2.05) is 0 Å². The first-order valence-electron chi connectivity index (χ1n) is 4.56. The van der Waals surface area contributed by atoms with E-state index in [1.165, 1.54) is 6.08 Å². The molecular weight excluding hydrogens is 194 g/mol. The quantitative estimate of drug-likeness (QED) is 0.710. The number of carboxylic acids is 1. The maximum Gasteiger partial charge on any atom is 0.328 e. The zero-order valence-electron chi connectivity index (χ0n) is 8.22. The molecule has 15 heavy (non-hydrogen) atoms. The van der Waals surface area contributed by atoms with Crippen LogP contribution in [0.3, 0.4) is 0 Å². The summed E-state index contributed by atoms with van der Waals surface area (Å²) in [4.78, 5) is 10.3. The molecule has 0 saturated heterocycles. The Morgan fingerprint density at radius 2 is 2.07 bits per heavy atom. The Labute approximate surface area is 88.0 Å². The van der Waals surface area contributed by atoms with Crippen molar-refractivity contribution in [2.24, 2.45) is 5.73 Å². The summed E-state index contributed by atoms with van der Waals surface area (Å²) in [5.74, 6) is -0.230. The predicted octanol–water partition coefficient (Wildman–Crippen LogP) is 1.12. The van der Waals surface area contributed by atoms with Crippen LogP contribution >= 0.6 is 0 Å². The van der Waals surface area contributed by atoms with Gasteiger partial charge in [-0.15, -0.1) is 0 Å². The highest BCUT2D eigenvalue weighted by atomic mass is 16.5. The molecule has 4 nitrogen and oxygen atoms in total. The van der Waals surface area contributed by atoms with Gasteiger partial charge in [0.15, 0.2) is 0 Å². The molecule has 0 aliphatic carbocycles. The van der Waals surface area contributed by atoms with Gasteiger partial charge in [-0.3, -0.25) is 0 Å². The summed E-state index contributed by atoms with van der Waals surface area (Å²) in [5, 5.41) is 8.42. The number of benzene rings is 1. The standard InChI is InChI=1S/C11H13NO3/c12-7-8-15-10-4-1-9(2-5-10)3-6-11(13)14/h1-6H,7-8,12H2,(H,13,14). The smallest absolute Gasteiger partial charge is 0.328 e. The third-order valence-electron chi connectivity index (χ3n) is 1.69. The predicted molar refractivity (Wildman–Crippen MR) is 57.7 cm³/mol. The fourth-order valence-electron chi connectivity index (χ4n) is 1.02. The van der Waals surface area contributed by atoms with Crippen LogP contribution in [0.15, 0.2) is 30.3 Å². The van der Waals surface area contributed by atoms with Crippen molar-refractivity contribution in [1.82, 2.24) is 0 Å². The number of carboxylic acid groups (broad SMARTS) is 1. The van der Waals surface area contributed by atoms with Crippen LogP contribution in [0.4, 0.5) is 0 Å².